The maximum atomic E-state index is 7.36. The zero-order valence-electron chi connectivity index (χ0n) is 11.1. The molecule has 18 heavy (non-hydrogen) atoms. The molecule has 0 fully saturated rings. The smallest absolute Gasteiger partial charge is 0.122 e. The van der Waals surface area contributed by atoms with Crippen LogP contribution in [0.1, 0.15) is 25.0 Å². The molecule has 0 atom stereocenters. The minimum absolute atomic E-state index is 0.0807. The molecule has 0 aliphatic rings. The van der Waals surface area contributed by atoms with E-state index >= 15 is 0 Å². The number of nitrogen functional groups attached to an aromatic ring is 1. The lowest BCUT2D eigenvalue weighted by Crippen LogP contribution is -2.11. The lowest BCUT2D eigenvalue weighted by atomic mass is 10.1. The summed E-state index contributed by atoms with van der Waals surface area (Å²) in [5.74, 6) is 0.634. The molecule has 0 bridgehead atoms. The van der Waals surface area contributed by atoms with Crippen molar-refractivity contribution in [2.24, 2.45) is 11.7 Å². The molecule has 4 nitrogen and oxygen atoms in total. The van der Waals surface area contributed by atoms with E-state index in [0.29, 0.717) is 25.7 Å². The van der Waals surface area contributed by atoms with Crippen molar-refractivity contribution in [3.8, 4) is 0 Å². The van der Waals surface area contributed by atoms with Crippen molar-refractivity contribution >= 4 is 5.84 Å². The number of nitrogens with one attached hydrogen (secondary N) is 1. The molecule has 100 valence electrons. The third-order valence-electron chi connectivity index (χ3n) is 2.33. The van der Waals surface area contributed by atoms with Gasteiger partial charge in [0.05, 0.1) is 19.8 Å². The average molecular weight is 250 g/mol. The summed E-state index contributed by atoms with van der Waals surface area (Å²) in [5, 5.41) is 7.36. The Balaban J connectivity index is 2.23. The first kappa shape index (κ1) is 14.7. The zero-order chi connectivity index (χ0) is 13.4. The van der Waals surface area contributed by atoms with E-state index in [1.54, 1.807) is 0 Å². The van der Waals surface area contributed by atoms with Gasteiger partial charge in [-0.25, -0.2) is 0 Å². The van der Waals surface area contributed by atoms with E-state index < -0.39 is 0 Å². The Morgan fingerprint density at radius 2 is 2.00 bits per heavy atom. The van der Waals surface area contributed by atoms with Gasteiger partial charge in [0.15, 0.2) is 0 Å². The zero-order valence-corrected chi connectivity index (χ0v) is 11.1. The molecule has 0 heterocycles. The average Bonchev–Trinajstić information content (AvgIpc) is 2.33. The van der Waals surface area contributed by atoms with Crippen LogP contribution in [0.15, 0.2) is 24.3 Å². The molecular weight excluding hydrogens is 228 g/mol. The van der Waals surface area contributed by atoms with E-state index in [2.05, 4.69) is 13.8 Å². The summed E-state index contributed by atoms with van der Waals surface area (Å²) in [5.41, 5.74) is 7.18. The quantitative estimate of drug-likeness (QED) is 0.422. The van der Waals surface area contributed by atoms with E-state index in [0.717, 1.165) is 17.7 Å². The van der Waals surface area contributed by atoms with E-state index in [1.807, 2.05) is 24.3 Å². The Kier molecular flexibility index (Phi) is 6.39. The van der Waals surface area contributed by atoms with E-state index in [9.17, 15) is 0 Å². The summed E-state index contributed by atoms with van der Waals surface area (Å²) in [4.78, 5) is 0. The molecule has 0 spiro atoms. The van der Waals surface area contributed by atoms with Gasteiger partial charge in [0.25, 0.3) is 0 Å². The molecule has 0 unspecified atom stereocenters. The number of hydrogen-bond donors (Lipinski definition) is 2. The van der Waals surface area contributed by atoms with Crippen molar-refractivity contribution < 1.29 is 9.47 Å². The SMILES string of the molecule is CC(C)COCCOCc1cccc(C(=N)N)c1. The van der Waals surface area contributed by atoms with Crippen molar-refractivity contribution in [2.75, 3.05) is 19.8 Å². The Morgan fingerprint density at radius 3 is 2.67 bits per heavy atom. The first-order valence-electron chi connectivity index (χ1n) is 6.18. The monoisotopic (exact) mass is 250 g/mol. The van der Waals surface area contributed by atoms with E-state index in [-0.39, 0.29) is 5.84 Å². The molecule has 3 N–H and O–H groups in total. The minimum atomic E-state index is 0.0807. The van der Waals surface area contributed by atoms with Crippen LogP contribution >= 0.6 is 0 Å². The Morgan fingerprint density at radius 1 is 1.28 bits per heavy atom. The summed E-state index contributed by atoms with van der Waals surface area (Å²) in [7, 11) is 0. The van der Waals surface area contributed by atoms with Gasteiger partial charge in [-0.15, -0.1) is 0 Å². The first-order valence-corrected chi connectivity index (χ1v) is 6.18. The topological polar surface area (TPSA) is 68.3 Å². The number of benzene rings is 1. The van der Waals surface area contributed by atoms with E-state index in [1.165, 1.54) is 0 Å². The number of rotatable bonds is 8. The molecule has 0 radical (unpaired) electrons. The van der Waals surface area contributed by atoms with Crippen LogP contribution in [0, 0.1) is 11.3 Å². The molecular formula is C14H22N2O2. The van der Waals surface area contributed by atoms with Crippen molar-refractivity contribution in [2.45, 2.75) is 20.5 Å². The predicted octanol–water partition coefficient (Wildman–Crippen LogP) is 2.16. The molecule has 4 heteroatoms. The van der Waals surface area contributed by atoms with Crippen LogP contribution in [0.3, 0.4) is 0 Å². The standard InChI is InChI=1S/C14H22N2O2/c1-11(2)9-17-6-7-18-10-12-4-3-5-13(8-12)14(15)16/h3-5,8,11H,6-7,9-10H2,1-2H3,(H3,15,16). The van der Waals surface area contributed by atoms with Gasteiger partial charge in [-0.05, 0) is 17.5 Å². The van der Waals surface area contributed by atoms with Crippen LogP contribution in [0.4, 0.5) is 0 Å². The van der Waals surface area contributed by atoms with Crippen LogP contribution in [0.2, 0.25) is 0 Å². The Labute approximate surface area is 109 Å². The normalized spacial score (nSPS) is 10.8. The molecule has 0 aromatic heterocycles. The van der Waals surface area contributed by atoms with Crippen molar-refractivity contribution in [3.63, 3.8) is 0 Å². The van der Waals surface area contributed by atoms with Crippen LogP contribution in [-0.2, 0) is 16.1 Å². The molecule has 1 rings (SSSR count). The highest BCUT2D eigenvalue weighted by Gasteiger charge is 1.99. The number of ether oxygens (including phenoxy) is 2. The fourth-order valence-electron chi connectivity index (χ4n) is 1.46. The van der Waals surface area contributed by atoms with Crippen LogP contribution in [0.25, 0.3) is 0 Å². The Hall–Kier alpha value is -1.39. The van der Waals surface area contributed by atoms with Gasteiger partial charge in [-0.2, -0.15) is 0 Å². The number of amidine groups is 1. The fraction of sp³-hybridized carbons (Fsp3) is 0.500. The van der Waals surface area contributed by atoms with Crippen molar-refractivity contribution in [1.82, 2.24) is 0 Å². The highest BCUT2D eigenvalue weighted by molar-refractivity contribution is 5.95. The lowest BCUT2D eigenvalue weighted by Gasteiger charge is -2.08. The Bertz CT molecular complexity index is 378. The summed E-state index contributed by atoms with van der Waals surface area (Å²) in [6.07, 6.45) is 0. The maximum absolute atomic E-state index is 7.36. The molecule has 0 amide bonds. The van der Waals surface area contributed by atoms with Gasteiger partial charge >= 0.3 is 0 Å². The van der Waals surface area contributed by atoms with Crippen LogP contribution in [0.5, 0.6) is 0 Å². The van der Waals surface area contributed by atoms with Gasteiger partial charge < -0.3 is 15.2 Å². The maximum Gasteiger partial charge on any atom is 0.122 e. The van der Waals surface area contributed by atoms with Gasteiger partial charge in [0, 0.05) is 12.2 Å². The van der Waals surface area contributed by atoms with Gasteiger partial charge in [0.2, 0.25) is 0 Å². The van der Waals surface area contributed by atoms with E-state index in [4.69, 9.17) is 20.6 Å². The first-order chi connectivity index (χ1) is 8.59. The summed E-state index contributed by atoms with van der Waals surface area (Å²) in [6, 6.07) is 7.53. The molecule has 0 aliphatic carbocycles. The summed E-state index contributed by atoms with van der Waals surface area (Å²) in [6.45, 7) is 6.72. The number of hydrogen-bond acceptors (Lipinski definition) is 3. The molecule has 0 aliphatic heterocycles. The minimum Gasteiger partial charge on any atom is -0.384 e. The molecule has 0 saturated carbocycles. The third kappa shape index (κ3) is 5.80. The second kappa shape index (κ2) is 7.84. The van der Waals surface area contributed by atoms with Crippen molar-refractivity contribution in [1.29, 1.82) is 5.41 Å². The number of nitrogens with two attached hydrogens (primary N) is 1. The van der Waals surface area contributed by atoms with Gasteiger partial charge in [-0.3, -0.25) is 5.41 Å². The summed E-state index contributed by atoms with van der Waals surface area (Å²) < 4.78 is 10.9. The van der Waals surface area contributed by atoms with Crippen molar-refractivity contribution in [3.05, 3.63) is 35.4 Å². The highest BCUT2D eigenvalue weighted by Crippen LogP contribution is 2.06. The van der Waals surface area contributed by atoms with Gasteiger partial charge in [-0.1, -0.05) is 32.0 Å². The lowest BCUT2D eigenvalue weighted by molar-refractivity contribution is 0.0314. The fourth-order valence-corrected chi connectivity index (χ4v) is 1.46. The van der Waals surface area contributed by atoms with Gasteiger partial charge in [0.1, 0.15) is 5.84 Å². The molecule has 1 aromatic carbocycles. The highest BCUT2D eigenvalue weighted by atomic mass is 16.5. The molecule has 1 aromatic rings. The third-order valence-corrected chi connectivity index (χ3v) is 2.33. The molecule has 0 saturated heterocycles. The second-order valence-electron chi connectivity index (χ2n) is 4.64. The second-order valence-corrected chi connectivity index (χ2v) is 4.64. The largest absolute Gasteiger partial charge is 0.384 e. The van der Waals surface area contributed by atoms with Crippen LogP contribution in [-0.4, -0.2) is 25.7 Å². The predicted molar refractivity (Wildman–Crippen MR) is 72.8 cm³/mol. The van der Waals surface area contributed by atoms with Crippen LogP contribution < -0.4 is 5.73 Å². The summed E-state index contributed by atoms with van der Waals surface area (Å²) >= 11 is 0.